The Morgan fingerprint density at radius 1 is 0.265 bits per heavy atom. The number of rotatable bonds is 6. The van der Waals surface area contributed by atoms with E-state index >= 15 is 0 Å². The topological polar surface area (TPSA) is 3.24 Å². The fourth-order valence-corrected chi connectivity index (χ4v) is 7.23. The van der Waals surface area contributed by atoms with Crippen molar-refractivity contribution in [2.45, 2.75) is 0 Å². The monoisotopic (exact) mass is 623 g/mol. The second-order valence-electron chi connectivity index (χ2n) is 12.6. The lowest BCUT2D eigenvalue weighted by Gasteiger charge is -2.27. The number of benzene rings is 9. The summed E-state index contributed by atoms with van der Waals surface area (Å²) in [7, 11) is 0. The molecule has 9 aromatic rings. The van der Waals surface area contributed by atoms with Crippen molar-refractivity contribution in [1.29, 1.82) is 0 Å². The Kier molecular flexibility index (Phi) is 7.22. The molecule has 0 N–H and O–H groups in total. The Bertz CT molecular complexity index is 2570. The van der Waals surface area contributed by atoms with Gasteiger partial charge in [0.25, 0.3) is 0 Å². The van der Waals surface area contributed by atoms with Crippen molar-refractivity contribution in [3.05, 3.63) is 200 Å². The molecule has 0 heterocycles. The molecule has 0 radical (unpaired) electrons. The minimum absolute atomic E-state index is 1.12. The van der Waals surface area contributed by atoms with Crippen molar-refractivity contribution < 1.29 is 0 Å². The Balaban J connectivity index is 1.11. The summed E-state index contributed by atoms with van der Waals surface area (Å²) in [6.07, 6.45) is 0. The first-order valence-corrected chi connectivity index (χ1v) is 16.8. The van der Waals surface area contributed by atoms with E-state index in [-0.39, 0.29) is 0 Å². The van der Waals surface area contributed by atoms with Crippen molar-refractivity contribution in [3.8, 4) is 33.4 Å². The van der Waals surface area contributed by atoms with E-state index in [1.807, 2.05) is 0 Å². The third-order valence-electron chi connectivity index (χ3n) is 9.66. The zero-order valence-corrected chi connectivity index (χ0v) is 27.0. The molecule has 0 aromatic heterocycles. The van der Waals surface area contributed by atoms with Crippen LogP contribution >= 0.6 is 0 Å². The molecule has 9 aromatic carbocycles. The van der Waals surface area contributed by atoms with Gasteiger partial charge in [0, 0.05) is 16.8 Å². The average molecular weight is 624 g/mol. The molecule has 0 aliphatic rings. The predicted octanol–water partition coefficient (Wildman–Crippen LogP) is 13.6. The van der Waals surface area contributed by atoms with Gasteiger partial charge in [-0.3, -0.25) is 0 Å². The molecule has 9 rings (SSSR count). The number of hydrogen-bond acceptors (Lipinski definition) is 1. The third-order valence-corrected chi connectivity index (χ3v) is 9.66. The Hall–Kier alpha value is -6.44. The molecule has 0 bridgehead atoms. The molecule has 0 aliphatic carbocycles. The second kappa shape index (κ2) is 12.3. The van der Waals surface area contributed by atoms with Crippen molar-refractivity contribution in [2.24, 2.45) is 0 Å². The van der Waals surface area contributed by atoms with Gasteiger partial charge in [-0.2, -0.15) is 0 Å². The van der Waals surface area contributed by atoms with Crippen molar-refractivity contribution in [3.63, 3.8) is 0 Å². The van der Waals surface area contributed by atoms with Crippen molar-refractivity contribution in [1.82, 2.24) is 0 Å². The number of hydrogen-bond donors (Lipinski definition) is 0. The van der Waals surface area contributed by atoms with E-state index in [4.69, 9.17) is 0 Å². The maximum Gasteiger partial charge on any atom is 0.0540 e. The van der Waals surface area contributed by atoms with Gasteiger partial charge in [-0.25, -0.2) is 0 Å². The van der Waals surface area contributed by atoms with Crippen LogP contribution in [-0.4, -0.2) is 0 Å². The molecule has 1 heteroatoms. The van der Waals surface area contributed by atoms with Gasteiger partial charge in [0.2, 0.25) is 0 Å². The maximum absolute atomic E-state index is 2.38. The van der Waals surface area contributed by atoms with E-state index in [1.165, 1.54) is 65.7 Å². The highest BCUT2D eigenvalue weighted by molar-refractivity contribution is 6.01. The minimum atomic E-state index is 1.12. The highest BCUT2D eigenvalue weighted by Gasteiger charge is 2.16. The summed E-state index contributed by atoms with van der Waals surface area (Å²) in [5.74, 6) is 0. The largest absolute Gasteiger partial charge is 0.310 e. The molecule has 0 amide bonds. The number of anilines is 3. The highest BCUT2D eigenvalue weighted by atomic mass is 15.1. The normalized spacial score (nSPS) is 11.3. The van der Waals surface area contributed by atoms with Crippen LogP contribution in [0.3, 0.4) is 0 Å². The van der Waals surface area contributed by atoms with Gasteiger partial charge in [0.1, 0.15) is 0 Å². The van der Waals surface area contributed by atoms with Crippen molar-refractivity contribution >= 4 is 49.4 Å². The molecule has 0 fully saturated rings. The van der Waals surface area contributed by atoms with Crippen LogP contribution in [0, 0.1) is 0 Å². The first-order chi connectivity index (χ1) is 24.3. The first-order valence-electron chi connectivity index (χ1n) is 16.8. The molecule has 49 heavy (non-hydrogen) atoms. The van der Waals surface area contributed by atoms with E-state index in [0.29, 0.717) is 0 Å². The number of nitrogens with zero attached hydrogens (tertiary/aromatic N) is 1. The smallest absolute Gasteiger partial charge is 0.0540 e. The molecule has 230 valence electrons. The zero-order valence-electron chi connectivity index (χ0n) is 27.0. The zero-order chi connectivity index (χ0) is 32.6. The van der Waals surface area contributed by atoms with Crippen LogP contribution in [0.4, 0.5) is 17.1 Å². The fraction of sp³-hybridized carbons (Fsp3) is 0. The van der Waals surface area contributed by atoms with Gasteiger partial charge in [-0.15, -0.1) is 0 Å². The van der Waals surface area contributed by atoms with Crippen LogP contribution in [0.1, 0.15) is 0 Å². The molecular formula is C48H33N. The molecule has 0 spiro atoms. The van der Waals surface area contributed by atoms with Crippen LogP contribution < -0.4 is 4.90 Å². The molecule has 0 saturated heterocycles. The van der Waals surface area contributed by atoms with E-state index in [2.05, 4.69) is 205 Å². The predicted molar refractivity (Wildman–Crippen MR) is 210 cm³/mol. The average Bonchev–Trinajstić information content (AvgIpc) is 3.18. The van der Waals surface area contributed by atoms with E-state index in [9.17, 15) is 0 Å². The van der Waals surface area contributed by atoms with Crippen molar-refractivity contribution in [2.75, 3.05) is 4.90 Å². The summed E-state index contributed by atoms with van der Waals surface area (Å²) >= 11 is 0. The van der Waals surface area contributed by atoms with Crippen LogP contribution in [0.15, 0.2) is 200 Å². The minimum Gasteiger partial charge on any atom is -0.310 e. The maximum atomic E-state index is 2.38. The SMILES string of the molecule is c1ccc(-c2cccc3cc(-c4ccc(N(c5ccc(-c6cccc7ccccc67)cc5)c5cccc6ccccc56)cc4)ccc23)cc1. The lowest BCUT2D eigenvalue weighted by molar-refractivity contribution is 1.30. The van der Waals surface area contributed by atoms with E-state index in [0.717, 1.165) is 17.1 Å². The Morgan fingerprint density at radius 2 is 0.735 bits per heavy atom. The Labute approximate surface area is 287 Å². The molecule has 1 nitrogen and oxygen atoms in total. The van der Waals surface area contributed by atoms with Gasteiger partial charge in [0.15, 0.2) is 0 Å². The lowest BCUT2D eigenvalue weighted by atomic mass is 9.95. The molecule has 0 unspecified atom stereocenters. The van der Waals surface area contributed by atoms with Gasteiger partial charge in [-0.1, -0.05) is 164 Å². The summed E-state index contributed by atoms with van der Waals surface area (Å²) in [6, 6.07) is 72.4. The van der Waals surface area contributed by atoms with Crippen LogP contribution in [0.2, 0.25) is 0 Å². The van der Waals surface area contributed by atoms with Crippen LogP contribution in [0.25, 0.3) is 65.7 Å². The highest BCUT2D eigenvalue weighted by Crippen LogP contribution is 2.41. The van der Waals surface area contributed by atoms with Gasteiger partial charge in [-0.05, 0) is 96.7 Å². The second-order valence-corrected chi connectivity index (χ2v) is 12.6. The first kappa shape index (κ1) is 28.8. The van der Waals surface area contributed by atoms with Crippen LogP contribution in [-0.2, 0) is 0 Å². The molecule has 0 atom stereocenters. The summed E-state index contributed by atoms with van der Waals surface area (Å²) in [4.78, 5) is 2.38. The molecule has 0 saturated carbocycles. The summed E-state index contributed by atoms with van der Waals surface area (Å²) < 4.78 is 0. The summed E-state index contributed by atoms with van der Waals surface area (Å²) in [5, 5.41) is 7.47. The quantitative estimate of drug-likeness (QED) is 0.178. The van der Waals surface area contributed by atoms with Gasteiger partial charge in [0.05, 0.1) is 5.69 Å². The standard InChI is InChI=1S/C48H33N/c1-2-11-35(12-3-1)44-21-9-17-40-33-39(27-32-46(40)44)34-23-28-41(29-24-34)49(48-22-10-16-37-14-5-7-19-47(37)48)42-30-25-38(26-31-42)45-20-8-15-36-13-4-6-18-43(36)45/h1-33H. The van der Waals surface area contributed by atoms with E-state index < -0.39 is 0 Å². The third kappa shape index (κ3) is 5.32. The molecule has 0 aliphatic heterocycles. The summed E-state index contributed by atoms with van der Waals surface area (Å²) in [6.45, 7) is 0. The van der Waals surface area contributed by atoms with Gasteiger partial charge < -0.3 is 4.90 Å². The fourth-order valence-electron chi connectivity index (χ4n) is 7.23. The Morgan fingerprint density at radius 3 is 1.43 bits per heavy atom. The van der Waals surface area contributed by atoms with E-state index in [1.54, 1.807) is 0 Å². The molecular weight excluding hydrogens is 591 g/mol. The van der Waals surface area contributed by atoms with Gasteiger partial charge >= 0.3 is 0 Å². The number of fused-ring (bicyclic) bond motifs is 3. The van der Waals surface area contributed by atoms with Crippen LogP contribution in [0.5, 0.6) is 0 Å². The summed E-state index contributed by atoms with van der Waals surface area (Å²) in [5.41, 5.74) is 10.7. The lowest BCUT2D eigenvalue weighted by Crippen LogP contribution is -2.10.